The van der Waals surface area contributed by atoms with Gasteiger partial charge in [0.2, 0.25) is 0 Å². The van der Waals surface area contributed by atoms with E-state index in [1.807, 2.05) is 0 Å². The van der Waals surface area contributed by atoms with Crippen molar-refractivity contribution in [2.24, 2.45) is 0 Å². The van der Waals surface area contributed by atoms with Crippen LogP contribution in [0.25, 0.3) is 0 Å². The fourth-order valence-electron chi connectivity index (χ4n) is 2.48. The Hall–Kier alpha value is -0.630. The number of piperazine rings is 1. The molecule has 0 bridgehead atoms. The van der Waals surface area contributed by atoms with E-state index in [0.29, 0.717) is 12.5 Å². The Bertz CT molecular complexity index is 237. The molecule has 2 rings (SSSR count). The van der Waals surface area contributed by atoms with Gasteiger partial charge in [0.1, 0.15) is 0 Å². The van der Waals surface area contributed by atoms with Crippen molar-refractivity contribution in [1.82, 2.24) is 9.80 Å². The minimum Gasteiger partial charge on any atom is -0.377 e. The smallest absolute Gasteiger partial charge is 0.0702 e. The average Bonchev–Trinajstić information content (AvgIpc) is 2.81. The van der Waals surface area contributed by atoms with Gasteiger partial charge in [-0.25, -0.2) is 0 Å². The van der Waals surface area contributed by atoms with Crippen LogP contribution in [0.5, 0.6) is 0 Å². The molecule has 90 valence electrons. The Morgan fingerprint density at radius 2 is 1.94 bits per heavy atom. The van der Waals surface area contributed by atoms with E-state index in [-0.39, 0.29) is 0 Å². The van der Waals surface area contributed by atoms with Crippen LogP contribution >= 0.6 is 0 Å². The summed E-state index contributed by atoms with van der Waals surface area (Å²) in [4.78, 5) is 4.88. The normalized spacial score (nSPS) is 28.1. The molecule has 0 saturated carbocycles. The Kier molecular flexibility index (Phi) is 4.58. The Balaban J connectivity index is 1.63. The van der Waals surface area contributed by atoms with Crippen molar-refractivity contribution in [2.45, 2.75) is 25.4 Å². The highest BCUT2D eigenvalue weighted by Crippen LogP contribution is 2.14. The third-order valence-corrected chi connectivity index (χ3v) is 3.49. The highest BCUT2D eigenvalue weighted by atomic mass is 16.5. The molecular weight excluding hydrogens is 202 g/mol. The van der Waals surface area contributed by atoms with Crippen LogP contribution in [0.1, 0.15) is 19.3 Å². The summed E-state index contributed by atoms with van der Waals surface area (Å²) in [6, 6.07) is 2.21. The molecule has 2 saturated heterocycles. The van der Waals surface area contributed by atoms with E-state index in [1.54, 1.807) is 0 Å². The lowest BCUT2D eigenvalue weighted by molar-refractivity contribution is 0.0509. The van der Waals surface area contributed by atoms with E-state index in [9.17, 15) is 0 Å². The van der Waals surface area contributed by atoms with Gasteiger partial charge in [0, 0.05) is 52.3 Å². The lowest BCUT2D eigenvalue weighted by Gasteiger charge is -2.35. The van der Waals surface area contributed by atoms with Crippen LogP contribution in [-0.2, 0) is 4.74 Å². The maximum absolute atomic E-state index is 8.53. The van der Waals surface area contributed by atoms with Gasteiger partial charge in [-0.05, 0) is 12.8 Å². The van der Waals surface area contributed by atoms with E-state index in [1.165, 1.54) is 12.8 Å². The SMILES string of the molecule is N#CCCN1CCN(CC2CCCO2)CC1. The molecule has 4 nitrogen and oxygen atoms in total. The monoisotopic (exact) mass is 223 g/mol. The fourth-order valence-corrected chi connectivity index (χ4v) is 2.48. The van der Waals surface area contributed by atoms with E-state index < -0.39 is 0 Å². The predicted octanol–water partition coefficient (Wildman–Crippen LogP) is 0.697. The standard InChI is InChI=1S/C12H21N3O/c13-4-2-5-14-6-8-15(9-7-14)11-12-3-1-10-16-12/h12H,1-3,5-11H2. The molecule has 0 aromatic carbocycles. The molecule has 0 N–H and O–H groups in total. The lowest BCUT2D eigenvalue weighted by Crippen LogP contribution is -2.48. The van der Waals surface area contributed by atoms with E-state index >= 15 is 0 Å². The van der Waals surface area contributed by atoms with Gasteiger partial charge in [-0.3, -0.25) is 9.80 Å². The molecule has 2 fully saturated rings. The number of nitriles is 1. The molecule has 0 aromatic heterocycles. The number of rotatable bonds is 4. The summed E-state index contributed by atoms with van der Waals surface area (Å²) in [5.74, 6) is 0. The molecule has 2 aliphatic heterocycles. The lowest BCUT2D eigenvalue weighted by atomic mass is 10.2. The van der Waals surface area contributed by atoms with Gasteiger partial charge in [0.05, 0.1) is 12.2 Å². The number of ether oxygens (including phenoxy) is 1. The fraction of sp³-hybridized carbons (Fsp3) is 0.917. The van der Waals surface area contributed by atoms with E-state index in [2.05, 4.69) is 15.9 Å². The van der Waals surface area contributed by atoms with Gasteiger partial charge in [-0.15, -0.1) is 0 Å². The second-order valence-corrected chi connectivity index (χ2v) is 4.69. The largest absolute Gasteiger partial charge is 0.377 e. The summed E-state index contributed by atoms with van der Waals surface area (Å²) < 4.78 is 5.65. The van der Waals surface area contributed by atoms with Crippen molar-refractivity contribution in [3.05, 3.63) is 0 Å². The van der Waals surface area contributed by atoms with Crippen molar-refractivity contribution in [3.8, 4) is 6.07 Å². The highest BCUT2D eigenvalue weighted by Gasteiger charge is 2.22. The minimum absolute atomic E-state index is 0.477. The van der Waals surface area contributed by atoms with Gasteiger partial charge in [0.15, 0.2) is 0 Å². The average molecular weight is 223 g/mol. The maximum atomic E-state index is 8.53. The maximum Gasteiger partial charge on any atom is 0.0702 e. The zero-order chi connectivity index (χ0) is 11.2. The topological polar surface area (TPSA) is 39.5 Å². The molecule has 4 heteroatoms. The zero-order valence-corrected chi connectivity index (χ0v) is 9.90. The second kappa shape index (κ2) is 6.19. The van der Waals surface area contributed by atoms with Gasteiger partial charge < -0.3 is 4.74 Å². The van der Waals surface area contributed by atoms with Crippen LogP contribution in [-0.4, -0.2) is 61.8 Å². The highest BCUT2D eigenvalue weighted by molar-refractivity contribution is 4.79. The van der Waals surface area contributed by atoms with Crippen molar-refractivity contribution in [2.75, 3.05) is 45.9 Å². The van der Waals surface area contributed by atoms with Gasteiger partial charge in [-0.1, -0.05) is 0 Å². The van der Waals surface area contributed by atoms with E-state index in [0.717, 1.165) is 45.9 Å². The molecule has 0 amide bonds. The van der Waals surface area contributed by atoms with Crippen LogP contribution in [0.3, 0.4) is 0 Å². The summed E-state index contributed by atoms with van der Waals surface area (Å²) >= 11 is 0. The van der Waals surface area contributed by atoms with Crippen LogP contribution in [0.2, 0.25) is 0 Å². The molecular formula is C12H21N3O. The second-order valence-electron chi connectivity index (χ2n) is 4.69. The van der Waals surface area contributed by atoms with Crippen LogP contribution < -0.4 is 0 Å². The predicted molar refractivity (Wildman–Crippen MR) is 62.1 cm³/mol. The van der Waals surface area contributed by atoms with Crippen LogP contribution in [0, 0.1) is 11.3 Å². The molecule has 0 radical (unpaired) electrons. The molecule has 0 spiro atoms. The van der Waals surface area contributed by atoms with Crippen molar-refractivity contribution < 1.29 is 4.74 Å². The number of hydrogen-bond donors (Lipinski definition) is 0. The number of nitrogens with zero attached hydrogens (tertiary/aromatic N) is 3. The molecule has 2 aliphatic rings. The van der Waals surface area contributed by atoms with Gasteiger partial charge >= 0.3 is 0 Å². The molecule has 0 aliphatic carbocycles. The Morgan fingerprint density at radius 3 is 2.56 bits per heavy atom. The number of hydrogen-bond acceptors (Lipinski definition) is 4. The van der Waals surface area contributed by atoms with Crippen LogP contribution in [0.4, 0.5) is 0 Å². The first kappa shape index (κ1) is 11.8. The summed E-state index contributed by atoms with van der Waals surface area (Å²) in [5, 5.41) is 8.53. The van der Waals surface area contributed by atoms with Gasteiger partial charge in [0.25, 0.3) is 0 Å². The first-order valence-corrected chi connectivity index (χ1v) is 6.32. The Morgan fingerprint density at radius 1 is 1.19 bits per heavy atom. The quantitative estimate of drug-likeness (QED) is 0.703. The van der Waals surface area contributed by atoms with Crippen molar-refractivity contribution in [1.29, 1.82) is 5.26 Å². The molecule has 1 unspecified atom stereocenters. The zero-order valence-electron chi connectivity index (χ0n) is 9.90. The van der Waals surface area contributed by atoms with Gasteiger partial charge in [-0.2, -0.15) is 5.26 Å². The molecule has 2 heterocycles. The Labute approximate surface area is 97.8 Å². The van der Waals surface area contributed by atoms with E-state index in [4.69, 9.17) is 10.00 Å². The van der Waals surface area contributed by atoms with Crippen molar-refractivity contribution in [3.63, 3.8) is 0 Å². The minimum atomic E-state index is 0.477. The summed E-state index contributed by atoms with van der Waals surface area (Å²) in [7, 11) is 0. The van der Waals surface area contributed by atoms with Crippen LogP contribution in [0.15, 0.2) is 0 Å². The molecule has 1 atom stereocenters. The van der Waals surface area contributed by atoms with Crippen molar-refractivity contribution >= 4 is 0 Å². The summed E-state index contributed by atoms with van der Waals surface area (Å²) in [6.07, 6.45) is 3.60. The molecule has 16 heavy (non-hydrogen) atoms. The third kappa shape index (κ3) is 3.44. The molecule has 0 aromatic rings. The summed E-state index contributed by atoms with van der Waals surface area (Å²) in [6.45, 7) is 7.46. The summed E-state index contributed by atoms with van der Waals surface area (Å²) in [5.41, 5.74) is 0. The first-order valence-electron chi connectivity index (χ1n) is 6.32. The third-order valence-electron chi connectivity index (χ3n) is 3.49. The first-order chi connectivity index (χ1) is 7.88.